The standard InChI is InChI=1S/C31H45ClO3/c1-4-6-7-8-9-10-22-34-30-20-18-27(19-21-30)26-14-16-28(17-15-26)31(33)35-23-11-13-25(3)24-29(32)12-5-2/h14-21,25,29H,4-13,22-24H2,1-3H3/t25-,29?/m1/s1. The van der Waals surface area contributed by atoms with Gasteiger partial charge < -0.3 is 9.47 Å². The Morgan fingerprint density at radius 3 is 2.06 bits per heavy atom. The summed E-state index contributed by atoms with van der Waals surface area (Å²) in [6.45, 7) is 7.85. The fraction of sp³-hybridized carbons (Fsp3) is 0.581. The molecule has 0 bridgehead atoms. The summed E-state index contributed by atoms with van der Waals surface area (Å²) in [7, 11) is 0. The van der Waals surface area contributed by atoms with E-state index in [1.54, 1.807) is 0 Å². The Morgan fingerprint density at radius 1 is 0.771 bits per heavy atom. The van der Waals surface area contributed by atoms with Crippen molar-refractivity contribution in [3.8, 4) is 16.9 Å². The van der Waals surface area contributed by atoms with Gasteiger partial charge in [0.25, 0.3) is 0 Å². The Bertz CT molecular complexity index is 816. The van der Waals surface area contributed by atoms with Crippen molar-refractivity contribution in [3.63, 3.8) is 0 Å². The van der Waals surface area contributed by atoms with Crippen molar-refractivity contribution in [2.45, 2.75) is 96.8 Å². The van der Waals surface area contributed by atoms with Crippen LogP contribution < -0.4 is 4.74 Å². The molecule has 0 saturated carbocycles. The SMILES string of the molecule is CCCCCCCCOc1ccc(-c2ccc(C(=O)OCCC[C@@H](C)CC(Cl)CCC)cc2)cc1. The monoisotopic (exact) mass is 500 g/mol. The smallest absolute Gasteiger partial charge is 0.338 e. The van der Waals surface area contributed by atoms with Crippen LogP contribution in [0.1, 0.15) is 102 Å². The van der Waals surface area contributed by atoms with E-state index in [-0.39, 0.29) is 11.3 Å². The summed E-state index contributed by atoms with van der Waals surface area (Å²) in [4.78, 5) is 12.4. The number of carbonyl (C=O) groups is 1. The van der Waals surface area contributed by atoms with Crippen molar-refractivity contribution in [1.82, 2.24) is 0 Å². The van der Waals surface area contributed by atoms with E-state index in [0.29, 0.717) is 18.1 Å². The van der Waals surface area contributed by atoms with Crippen LogP contribution in [0.4, 0.5) is 0 Å². The van der Waals surface area contributed by atoms with Crippen molar-refractivity contribution < 1.29 is 14.3 Å². The second-order valence-electron chi connectivity index (χ2n) is 9.72. The van der Waals surface area contributed by atoms with E-state index in [1.807, 2.05) is 36.4 Å². The number of benzene rings is 2. The van der Waals surface area contributed by atoms with Gasteiger partial charge in [0, 0.05) is 5.38 Å². The molecule has 0 saturated heterocycles. The summed E-state index contributed by atoms with van der Waals surface area (Å²) in [5.41, 5.74) is 2.76. The molecule has 0 aliphatic heterocycles. The topological polar surface area (TPSA) is 35.5 Å². The second kappa shape index (κ2) is 17.4. The summed E-state index contributed by atoms with van der Waals surface area (Å²) in [5, 5.41) is 0.255. The first kappa shape index (κ1) is 29.2. The van der Waals surface area contributed by atoms with Gasteiger partial charge in [-0.3, -0.25) is 0 Å². The van der Waals surface area contributed by atoms with Gasteiger partial charge in [-0.25, -0.2) is 4.79 Å². The molecule has 2 rings (SSSR count). The van der Waals surface area contributed by atoms with Gasteiger partial charge in [0.2, 0.25) is 0 Å². The number of alkyl halides is 1. The molecule has 0 amide bonds. The van der Waals surface area contributed by atoms with E-state index in [0.717, 1.165) is 62.0 Å². The third kappa shape index (κ3) is 12.0. The molecule has 0 N–H and O–H groups in total. The van der Waals surface area contributed by atoms with E-state index in [9.17, 15) is 4.79 Å². The molecule has 1 unspecified atom stereocenters. The molecule has 2 atom stereocenters. The molecule has 35 heavy (non-hydrogen) atoms. The fourth-order valence-corrected chi connectivity index (χ4v) is 4.80. The normalized spacial score (nSPS) is 12.8. The Balaban J connectivity index is 1.70. The molecule has 2 aromatic rings. The lowest BCUT2D eigenvalue weighted by molar-refractivity contribution is 0.0493. The summed E-state index contributed by atoms with van der Waals surface area (Å²) < 4.78 is 11.4. The number of hydrogen-bond acceptors (Lipinski definition) is 3. The van der Waals surface area contributed by atoms with Crippen LogP contribution in [0.5, 0.6) is 5.75 Å². The molecule has 0 aliphatic rings. The van der Waals surface area contributed by atoms with Crippen LogP contribution in [0.2, 0.25) is 0 Å². The second-order valence-corrected chi connectivity index (χ2v) is 10.3. The third-order valence-electron chi connectivity index (χ3n) is 6.41. The summed E-state index contributed by atoms with van der Waals surface area (Å²) in [6.07, 6.45) is 12.7. The van der Waals surface area contributed by atoms with E-state index < -0.39 is 0 Å². The van der Waals surface area contributed by atoms with E-state index in [4.69, 9.17) is 21.1 Å². The van der Waals surface area contributed by atoms with Crippen LogP contribution in [0.25, 0.3) is 11.1 Å². The van der Waals surface area contributed by atoms with Crippen LogP contribution >= 0.6 is 11.6 Å². The number of halogens is 1. The quantitative estimate of drug-likeness (QED) is 0.116. The van der Waals surface area contributed by atoms with Crippen molar-refractivity contribution in [3.05, 3.63) is 54.1 Å². The third-order valence-corrected chi connectivity index (χ3v) is 6.81. The average molecular weight is 501 g/mol. The van der Waals surface area contributed by atoms with E-state index in [2.05, 4.69) is 32.9 Å². The molecule has 0 radical (unpaired) electrons. The molecule has 0 aliphatic carbocycles. The highest BCUT2D eigenvalue weighted by Gasteiger charge is 2.11. The zero-order valence-corrected chi connectivity index (χ0v) is 22.8. The van der Waals surface area contributed by atoms with E-state index >= 15 is 0 Å². The number of hydrogen-bond donors (Lipinski definition) is 0. The Morgan fingerprint density at radius 2 is 1.40 bits per heavy atom. The van der Waals surface area contributed by atoms with Gasteiger partial charge in [-0.15, -0.1) is 11.6 Å². The summed E-state index contributed by atoms with van der Waals surface area (Å²) in [6, 6.07) is 15.8. The Hall–Kier alpha value is -2.00. The van der Waals surface area contributed by atoms with Gasteiger partial charge in [-0.05, 0) is 73.4 Å². The van der Waals surface area contributed by atoms with Crippen molar-refractivity contribution >= 4 is 17.6 Å². The molecule has 194 valence electrons. The molecule has 4 heteroatoms. The van der Waals surface area contributed by atoms with Crippen molar-refractivity contribution in [2.75, 3.05) is 13.2 Å². The van der Waals surface area contributed by atoms with Crippen LogP contribution in [0.3, 0.4) is 0 Å². The molecule has 3 nitrogen and oxygen atoms in total. The maximum atomic E-state index is 12.4. The molecule has 0 aromatic heterocycles. The lowest BCUT2D eigenvalue weighted by Crippen LogP contribution is -2.09. The zero-order chi connectivity index (χ0) is 25.3. The van der Waals surface area contributed by atoms with Gasteiger partial charge in [0.05, 0.1) is 18.8 Å². The first-order chi connectivity index (χ1) is 17.0. The number of rotatable bonds is 18. The largest absolute Gasteiger partial charge is 0.494 e. The first-order valence-electron chi connectivity index (χ1n) is 13.7. The van der Waals surface area contributed by atoms with Gasteiger partial charge >= 0.3 is 5.97 Å². The summed E-state index contributed by atoms with van der Waals surface area (Å²) >= 11 is 6.34. The maximum Gasteiger partial charge on any atom is 0.338 e. The molecule has 0 heterocycles. The molecule has 0 spiro atoms. The minimum Gasteiger partial charge on any atom is -0.494 e. The van der Waals surface area contributed by atoms with Gasteiger partial charge in [0.1, 0.15) is 5.75 Å². The van der Waals surface area contributed by atoms with Crippen LogP contribution in [0.15, 0.2) is 48.5 Å². The highest BCUT2D eigenvalue weighted by Crippen LogP contribution is 2.24. The number of esters is 1. The van der Waals surface area contributed by atoms with Crippen molar-refractivity contribution in [2.24, 2.45) is 5.92 Å². The van der Waals surface area contributed by atoms with E-state index in [1.165, 1.54) is 32.1 Å². The van der Waals surface area contributed by atoms with Crippen LogP contribution in [-0.4, -0.2) is 24.6 Å². The predicted molar refractivity (Wildman–Crippen MR) is 149 cm³/mol. The lowest BCUT2D eigenvalue weighted by Gasteiger charge is -2.15. The fourth-order valence-electron chi connectivity index (χ4n) is 4.28. The maximum absolute atomic E-state index is 12.4. The van der Waals surface area contributed by atoms with Gasteiger partial charge in [0.15, 0.2) is 0 Å². The summed E-state index contributed by atoms with van der Waals surface area (Å²) in [5.74, 6) is 1.20. The van der Waals surface area contributed by atoms with Crippen LogP contribution in [-0.2, 0) is 4.74 Å². The van der Waals surface area contributed by atoms with Crippen molar-refractivity contribution in [1.29, 1.82) is 0 Å². The lowest BCUT2D eigenvalue weighted by atomic mass is 9.98. The molecular weight excluding hydrogens is 456 g/mol. The van der Waals surface area contributed by atoms with Gasteiger partial charge in [-0.1, -0.05) is 83.6 Å². The predicted octanol–water partition coefficient (Wildman–Crippen LogP) is 9.46. The zero-order valence-electron chi connectivity index (χ0n) is 22.1. The molecule has 0 fully saturated rings. The number of ether oxygens (including phenoxy) is 2. The average Bonchev–Trinajstić information content (AvgIpc) is 2.86. The minimum atomic E-state index is -0.260. The van der Waals surface area contributed by atoms with Crippen LogP contribution in [0, 0.1) is 5.92 Å². The number of unbranched alkanes of at least 4 members (excludes halogenated alkanes) is 5. The number of carbonyl (C=O) groups excluding carboxylic acids is 1. The first-order valence-corrected chi connectivity index (χ1v) is 14.1. The highest BCUT2D eigenvalue weighted by atomic mass is 35.5. The Labute approximate surface area is 218 Å². The minimum absolute atomic E-state index is 0.255. The Kier molecular flexibility index (Phi) is 14.6. The van der Waals surface area contributed by atoms with Gasteiger partial charge in [-0.2, -0.15) is 0 Å². The molecular formula is C31H45ClO3. The molecule has 2 aromatic carbocycles. The highest BCUT2D eigenvalue weighted by molar-refractivity contribution is 6.20.